The van der Waals surface area contributed by atoms with Crippen LogP contribution in [0.3, 0.4) is 0 Å². The minimum atomic E-state index is -0.180. The predicted octanol–water partition coefficient (Wildman–Crippen LogP) is 2.77. The summed E-state index contributed by atoms with van der Waals surface area (Å²) in [5.41, 5.74) is -0.219. The van der Waals surface area contributed by atoms with Gasteiger partial charge in [-0.3, -0.25) is 0 Å². The summed E-state index contributed by atoms with van der Waals surface area (Å²) in [7, 11) is 0. The molecule has 0 aromatic carbocycles. The molecule has 0 rings (SSSR count). The van der Waals surface area contributed by atoms with Crippen molar-refractivity contribution in [2.45, 2.75) is 26.2 Å². The predicted molar refractivity (Wildman–Crippen MR) is 49.6 cm³/mol. The number of rotatable bonds is 4. The van der Waals surface area contributed by atoms with Gasteiger partial charge in [0.15, 0.2) is 0 Å². The quantitative estimate of drug-likeness (QED) is 0.406. The zero-order valence-electron chi connectivity index (χ0n) is 7.33. The summed E-state index contributed by atoms with van der Waals surface area (Å²) in [4.78, 5) is 0. The molecule has 1 atom stereocenters. The van der Waals surface area contributed by atoms with Gasteiger partial charge in [-0.2, -0.15) is 0 Å². The van der Waals surface area contributed by atoms with Gasteiger partial charge in [-0.15, -0.1) is 6.58 Å². The van der Waals surface area contributed by atoms with Gasteiger partial charge in [0.25, 0.3) is 0 Å². The van der Waals surface area contributed by atoms with Crippen LogP contribution in [0.2, 0.25) is 0 Å². The molecule has 66 valence electrons. The van der Waals surface area contributed by atoms with Crippen molar-refractivity contribution in [3.63, 3.8) is 0 Å². The SMILES string of the molecule is C=CCOC(SO)C(C)(C)C. The topological polar surface area (TPSA) is 29.5 Å². The highest BCUT2D eigenvalue weighted by atomic mass is 32.2. The van der Waals surface area contributed by atoms with Crippen molar-refractivity contribution in [1.82, 2.24) is 0 Å². The second-order valence-corrected chi connectivity index (χ2v) is 4.06. The van der Waals surface area contributed by atoms with E-state index in [0.717, 1.165) is 12.0 Å². The molecular weight excluding hydrogens is 160 g/mol. The molecule has 2 nitrogen and oxygen atoms in total. The lowest BCUT2D eigenvalue weighted by Gasteiger charge is -2.27. The summed E-state index contributed by atoms with van der Waals surface area (Å²) in [5.74, 6) is 0. The molecule has 1 N–H and O–H groups in total. The number of hydrogen-bond acceptors (Lipinski definition) is 3. The first-order valence-electron chi connectivity index (χ1n) is 3.55. The van der Waals surface area contributed by atoms with Gasteiger partial charge in [-0.1, -0.05) is 26.8 Å². The Labute approximate surface area is 72.8 Å². The van der Waals surface area contributed by atoms with E-state index in [1.54, 1.807) is 6.08 Å². The van der Waals surface area contributed by atoms with Gasteiger partial charge in [0, 0.05) is 12.0 Å². The van der Waals surface area contributed by atoms with Crippen LogP contribution in [-0.4, -0.2) is 16.6 Å². The first-order chi connectivity index (χ1) is 5.02. The van der Waals surface area contributed by atoms with Crippen molar-refractivity contribution in [2.24, 2.45) is 5.41 Å². The minimum Gasteiger partial charge on any atom is -0.361 e. The zero-order chi connectivity index (χ0) is 8.91. The van der Waals surface area contributed by atoms with E-state index < -0.39 is 0 Å². The molecule has 0 fully saturated rings. The Morgan fingerprint density at radius 1 is 1.64 bits per heavy atom. The van der Waals surface area contributed by atoms with Crippen LogP contribution in [0, 0.1) is 5.41 Å². The molecule has 0 aliphatic heterocycles. The van der Waals surface area contributed by atoms with Gasteiger partial charge in [0.1, 0.15) is 5.44 Å². The fourth-order valence-electron chi connectivity index (χ4n) is 0.594. The average Bonchev–Trinajstić information content (AvgIpc) is 1.87. The van der Waals surface area contributed by atoms with Crippen LogP contribution in [0.15, 0.2) is 12.7 Å². The van der Waals surface area contributed by atoms with Crippen molar-refractivity contribution in [1.29, 1.82) is 0 Å². The Bertz CT molecular complexity index is 118. The van der Waals surface area contributed by atoms with Gasteiger partial charge in [-0.25, -0.2) is 0 Å². The van der Waals surface area contributed by atoms with E-state index in [0.29, 0.717) is 6.61 Å². The molecule has 0 bridgehead atoms. The number of ether oxygens (including phenoxy) is 1. The maximum atomic E-state index is 8.85. The Hall–Kier alpha value is 0.01000. The van der Waals surface area contributed by atoms with E-state index in [4.69, 9.17) is 9.29 Å². The van der Waals surface area contributed by atoms with Crippen LogP contribution in [0.1, 0.15) is 20.8 Å². The maximum absolute atomic E-state index is 8.85. The van der Waals surface area contributed by atoms with Crippen LogP contribution in [0.5, 0.6) is 0 Å². The molecule has 1 unspecified atom stereocenters. The molecule has 0 aliphatic rings. The molecule has 11 heavy (non-hydrogen) atoms. The van der Waals surface area contributed by atoms with Crippen molar-refractivity contribution < 1.29 is 9.29 Å². The van der Waals surface area contributed by atoms with Crippen LogP contribution in [0.4, 0.5) is 0 Å². The Kier molecular flexibility index (Phi) is 4.81. The summed E-state index contributed by atoms with van der Waals surface area (Å²) < 4.78 is 14.1. The highest BCUT2D eigenvalue weighted by Crippen LogP contribution is 2.29. The standard InChI is InChI=1S/C8H16O2S/c1-5-6-10-7(11-9)8(2,3)4/h5,7,9H,1,6H2,2-4H3. The molecule has 0 aromatic rings. The van der Waals surface area contributed by atoms with Crippen molar-refractivity contribution in [3.8, 4) is 0 Å². The molecule has 0 heterocycles. The molecule has 0 aliphatic carbocycles. The third kappa shape index (κ3) is 4.45. The largest absolute Gasteiger partial charge is 0.361 e. The molecule has 3 heteroatoms. The van der Waals surface area contributed by atoms with Crippen LogP contribution in [0.25, 0.3) is 0 Å². The van der Waals surface area contributed by atoms with Crippen LogP contribution in [-0.2, 0) is 4.74 Å². The third-order valence-corrected chi connectivity index (χ3v) is 2.20. The van der Waals surface area contributed by atoms with Gasteiger partial charge in [0.2, 0.25) is 0 Å². The smallest absolute Gasteiger partial charge is 0.133 e. The molecule has 0 amide bonds. The first kappa shape index (κ1) is 11.0. The van der Waals surface area contributed by atoms with Gasteiger partial charge < -0.3 is 9.29 Å². The van der Waals surface area contributed by atoms with Crippen LogP contribution >= 0.6 is 12.0 Å². The summed E-state index contributed by atoms with van der Waals surface area (Å²) in [6, 6.07) is 0. The third-order valence-electron chi connectivity index (χ3n) is 1.17. The fourth-order valence-corrected chi connectivity index (χ4v) is 1.05. The Morgan fingerprint density at radius 3 is 2.45 bits per heavy atom. The second kappa shape index (κ2) is 4.80. The van der Waals surface area contributed by atoms with Gasteiger partial charge in [-0.05, 0) is 5.41 Å². The summed E-state index contributed by atoms with van der Waals surface area (Å²) >= 11 is 0.747. The highest BCUT2D eigenvalue weighted by Gasteiger charge is 2.25. The highest BCUT2D eigenvalue weighted by molar-refractivity contribution is 7.94. The van der Waals surface area contributed by atoms with E-state index in [1.165, 1.54) is 0 Å². The molecular formula is C8H16O2S. The lowest BCUT2D eigenvalue weighted by Crippen LogP contribution is -2.25. The van der Waals surface area contributed by atoms with Crippen LogP contribution < -0.4 is 0 Å². The van der Waals surface area contributed by atoms with E-state index >= 15 is 0 Å². The van der Waals surface area contributed by atoms with Crippen molar-refractivity contribution in [3.05, 3.63) is 12.7 Å². The molecule has 0 saturated carbocycles. The van der Waals surface area contributed by atoms with Crippen molar-refractivity contribution >= 4 is 12.0 Å². The van der Waals surface area contributed by atoms with E-state index in [-0.39, 0.29) is 10.9 Å². The lowest BCUT2D eigenvalue weighted by molar-refractivity contribution is 0.0587. The minimum absolute atomic E-state index is 0.0393. The van der Waals surface area contributed by atoms with E-state index in [9.17, 15) is 0 Å². The maximum Gasteiger partial charge on any atom is 0.133 e. The summed E-state index contributed by atoms with van der Waals surface area (Å²) in [6.07, 6.45) is 1.68. The monoisotopic (exact) mass is 176 g/mol. The van der Waals surface area contributed by atoms with Gasteiger partial charge >= 0.3 is 0 Å². The Morgan fingerprint density at radius 2 is 2.18 bits per heavy atom. The number of hydrogen-bond donors (Lipinski definition) is 1. The van der Waals surface area contributed by atoms with Crippen molar-refractivity contribution in [2.75, 3.05) is 6.61 Å². The lowest BCUT2D eigenvalue weighted by atomic mass is 9.98. The fraction of sp³-hybridized carbons (Fsp3) is 0.750. The summed E-state index contributed by atoms with van der Waals surface area (Å²) in [6.45, 7) is 10.1. The van der Waals surface area contributed by atoms with E-state index in [1.807, 2.05) is 20.8 Å². The average molecular weight is 176 g/mol. The Balaban J connectivity index is 3.85. The summed E-state index contributed by atoms with van der Waals surface area (Å²) in [5, 5.41) is 0. The molecule has 0 saturated heterocycles. The molecule has 0 spiro atoms. The second-order valence-electron chi connectivity index (χ2n) is 3.43. The van der Waals surface area contributed by atoms with Gasteiger partial charge in [0.05, 0.1) is 6.61 Å². The zero-order valence-corrected chi connectivity index (χ0v) is 8.15. The first-order valence-corrected chi connectivity index (χ1v) is 4.38. The molecule has 0 aromatic heterocycles. The normalized spacial score (nSPS) is 14.5. The van der Waals surface area contributed by atoms with E-state index in [2.05, 4.69) is 6.58 Å². The molecule has 0 radical (unpaired) electrons.